The third-order valence-electron chi connectivity index (χ3n) is 4.46. The third kappa shape index (κ3) is 5.10. The molecule has 156 valence electrons. The van der Waals surface area contributed by atoms with Crippen molar-refractivity contribution in [2.75, 3.05) is 5.75 Å². The molecule has 0 aliphatic heterocycles. The van der Waals surface area contributed by atoms with Crippen LogP contribution in [0.25, 0.3) is 5.69 Å². The van der Waals surface area contributed by atoms with Crippen molar-refractivity contribution in [2.45, 2.75) is 11.8 Å². The van der Waals surface area contributed by atoms with Gasteiger partial charge in [0.15, 0.2) is 10.9 Å². The Morgan fingerprint density at radius 2 is 1.81 bits per heavy atom. The van der Waals surface area contributed by atoms with Crippen LogP contribution in [0.15, 0.2) is 88.8 Å². The van der Waals surface area contributed by atoms with Crippen LogP contribution in [0.5, 0.6) is 5.75 Å². The van der Waals surface area contributed by atoms with Gasteiger partial charge in [0.2, 0.25) is 0 Å². The number of aromatic nitrogens is 3. The van der Waals surface area contributed by atoms with E-state index in [2.05, 4.69) is 10.2 Å². The number of nitrogens with one attached hydrogen (secondary N) is 1. The highest BCUT2D eigenvalue weighted by Gasteiger charge is 2.14. The molecule has 0 saturated heterocycles. The predicted molar refractivity (Wildman–Crippen MR) is 116 cm³/mol. The monoisotopic (exact) mass is 435 g/mol. The number of ether oxygens (including phenoxy) is 1. The Kier molecular flexibility index (Phi) is 6.28. The molecule has 0 bridgehead atoms. The van der Waals surface area contributed by atoms with Gasteiger partial charge in [0.05, 0.1) is 11.4 Å². The highest BCUT2D eigenvalue weighted by molar-refractivity contribution is 7.99. The van der Waals surface area contributed by atoms with Crippen molar-refractivity contribution in [3.63, 3.8) is 0 Å². The second-order valence-electron chi connectivity index (χ2n) is 6.64. The maximum atomic E-state index is 13.3. The van der Waals surface area contributed by atoms with Crippen LogP contribution in [0.2, 0.25) is 0 Å². The Morgan fingerprint density at radius 3 is 2.55 bits per heavy atom. The summed E-state index contributed by atoms with van der Waals surface area (Å²) in [6, 6.07) is 22.3. The molecule has 8 heteroatoms. The van der Waals surface area contributed by atoms with Gasteiger partial charge in [-0.2, -0.15) is 0 Å². The summed E-state index contributed by atoms with van der Waals surface area (Å²) in [5.41, 5.74) is 1.50. The van der Waals surface area contributed by atoms with Crippen LogP contribution in [0.1, 0.15) is 15.9 Å². The Labute approximate surface area is 181 Å². The molecule has 4 aromatic rings. The number of Topliss-reactive ketones (excluding diaryl/α,β-unsaturated/α-hetero) is 1. The first-order chi connectivity index (χ1) is 15.1. The summed E-state index contributed by atoms with van der Waals surface area (Å²) in [5.74, 6) is -0.0376. The fourth-order valence-corrected chi connectivity index (χ4v) is 3.77. The van der Waals surface area contributed by atoms with E-state index in [4.69, 9.17) is 4.74 Å². The van der Waals surface area contributed by atoms with Crippen LogP contribution < -0.4 is 10.4 Å². The molecular formula is C23H18FN3O3S. The fourth-order valence-electron chi connectivity index (χ4n) is 2.91. The molecule has 4 rings (SSSR count). The van der Waals surface area contributed by atoms with Crippen molar-refractivity contribution >= 4 is 17.5 Å². The number of rotatable bonds is 8. The standard InChI is InChI=1S/C23H18FN3O3S/c24-18-8-4-7-17(13-18)21(28)15-31-23-26-25-22(29)27(23)19-9-11-20(12-10-19)30-14-16-5-2-1-3-6-16/h1-13H,14-15H2,(H,25,29). The normalized spacial score (nSPS) is 10.7. The Balaban J connectivity index is 1.44. The number of hydrogen-bond acceptors (Lipinski definition) is 5. The van der Waals surface area contributed by atoms with Crippen LogP contribution in [0, 0.1) is 5.82 Å². The number of halogens is 1. The Morgan fingerprint density at radius 1 is 1.03 bits per heavy atom. The van der Waals surface area contributed by atoms with E-state index in [1.165, 1.54) is 22.8 Å². The van der Waals surface area contributed by atoms with Crippen molar-refractivity contribution in [3.05, 3.63) is 106 Å². The molecule has 0 spiro atoms. The number of nitrogens with zero attached hydrogens (tertiary/aromatic N) is 2. The largest absolute Gasteiger partial charge is 0.489 e. The van der Waals surface area contributed by atoms with Gasteiger partial charge < -0.3 is 4.74 Å². The van der Waals surface area contributed by atoms with Crippen molar-refractivity contribution in [2.24, 2.45) is 0 Å². The highest BCUT2D eigenvalue weighted by Crippen LogP contribution is 2.21. The predicted octanol–water partition coefficient (Wildman–Crippen LogP) is 4.25. The van der Waals surface area contributed by atoms with Gasteiger partial charge >= 0.3 is 5.69 Å². The minimum absolute atomic E-state index is 0.0199. The summed E-state index contributed by atoms with van der Waals surface area (Å²) in [4.78, 5) is 24.6. The lowest BCUT2D eigenvalue weighted by Crippen LogP contribution is -2.16. The topological polar surface area (TPSA) is 77.0 Å². The number of aromatic amines is 1. The number of hydrogen-bond donors (Lipinski definition) is 1. The molecule has 1 N–H and O–H groups in total. The van der Waals surface area contributed by atoms with E-state index in [9.17, 15) is 14.0 Å². The Bertz CT molecular complexity index is 1240. The lowest BCUT2D eigenvalue weighted by molar-refractivity contribution is 0.102. The Hall–Kier alpha value is -3.65. The molecule has 0 aliphatic carbocycles. The van der Waals surface area contributed by atoms with Gasteiger partial charge in [0.1, 0.15) is 18.2 Å². The highest BCUT2D eigenvalue weighted by atomic mass is 32.2. The molecule has 1 aromatic heterocycles. The maximum absolute atomic E-state index is 13.3. The molecule has 0 atom stereocenters. The number of ketones is 1. The van der Waals surface area contributed by atoms with Gasteiger partial charge in [-0.25, -0.2) is 18.9 Å². The van der Waals surface area contributed by atoms with E-state index < -0.39 is 11.5 Å². The first-order valence-corrected chi connectivity index (χ1v) is 10.4. The summed E-state index contributed by atoms with van der Waals surface area (Å²) in [6.45, 7) is 0.440. The average Bonchev–Trinajstić information content (AvgIpc) is 3.17. The van der Waals surface area contributed by atoms with Gasteiger partial charge in [0, 0.05) is 5.56 Å². The lowest BCUT2D eigenvalue weighted by atomic mass is 10.1. The SMILES string of the molecule is O=C(CSc1n[nH]c(=O)n1-c1ccc(OCc2ccccc2)cc1)c1cccc(F)c1. The van der Waals surface area contributed by atoms with E-state index in [0.717, 1.165) is 17.3 Å². The van der Waals surface area contributed by atoms with Crippen LogP contribution in [-0.4, -0.2) is 26.3 Å². The lowest BCUT2D eigenvalue weighted by Gasteiger charge is -2.09. The van der Waals surface area contributed by atoms with E-state index >= 15 is 0 Å². The van der Waals surface area contributed by atoms with Crippen molar-refractivity contribution in [1.29, 1.82) is 0 Å². The zero-order valence-electron chi connectivity index (χ0n) is 16.3. The number of carbonyl (C=O) groups is 1. The summed E-state index contributed by atoms with van der Waals surface area (Å²) in [6.07, 6.45) is 0. The second kappa shape index (κ2) is 9.44. The van der Waals surface area contributed by atoms with E-state index in [1.54, 1.807) is 30.3 Å². The van der Waals surface area contributed by atoms with Crippen LogP contribution in [0.4, 0.5) is 4.39 Å². The molecule has 0 unspecified atom stereocenters. The first-order valence-electron chi connectivity index (χ1n) is 9.46. The van der Waals surface area contributed by atoms with Gasteiger partial charge in [-0.1, -0.05) is 54.2 Å². The fraction of sp³-hybridized carbons (Fsp3) is 0.0870. The van der Waals surface area contributed by atoms with Crippen molar-refractivity contribution in [1.82, 2.24) is 14.8 Å². The molecule has 1 heterocycles. The van der Waals surface area contributed by atoms with Gasteiger partial charge in [-0.3, -0.25) is 4.79 Å². The summed E-state index contributed by atoms with van der Waals surface area (Å²) in [7, 11) is 0. The molecule has 31 heavy (non-hydrogen) atoms. The van der Waals surface area contributed by atoms with Crippen LogP contribution in [-0.2, 0) is 6.61 Å². The number of carbonyl (C=O) groups excluding carboxylic acids is 1. The molecule has 0 aliphatic rings. The van der Waals surface area contributed by atoms with E-state index in [-0.39, 0.29) is 17.1 Å². The number of thioether (sulfide) groups is 1. The molecular weight excluding hydrogens is 417 g/mol. The molecule has 6 nitrogen and oxygen atoms in total. The first kappa shape index (κ1) is 20.6. The molecule has 0 radical (unpaired) electrons. The summed E-state index contributed by atoms with van der Waals surface area (Å²) >= 11 is 1.10. The molecule has 0 fully saturated rings. The molecule has 3 aromatic carbocycles. The zero-order chi connectivity index (χ0) is 21.6. The number of benzene rings is 3. The van der Waals surface area contributed by atoms with Crippen molar-refractivity contribution in [3.8, 4) is 11.4 Å². The van der Waals surface area contributed by atoms with E-state index in [1.807, 2.05) is 30.3 Å². The van der Waals surface area contributed by atoms with Gasteiger partial charge in [0.25, 0.3) is 0 Å². The summed E-state index contributed by atoms with van der Waals surface area (Å²) < 4.78 is 20.5. The minimum Gasteiger partial charge on any atom is -0.489 e. The minimum atomic E-state index is -0.470. The van der Waals surface area contributed by atoms with Crippen molar-refractivity contribution < 1.29 is 13.9 Å². The van der Waals surface area contributed by atoms with Crippen LogP contribution >= 0.6 is 11.8 Å². The maximum Gasteiger partial charge on any atom is 0.348 e. The summed E-state index contributed by atoms with van der Waals surface area (Å²) in [5, 5.41) is 6.75. The van der Waals surface area contributed by atoms with Gasteiger partial charge in [-0.15, -0.1) is 5.10 Å². The zero-order valence-corrected chi connectivity index (χ0v) is 17.1. The second-order valence-corrected chi connectivity index (χ2v) is 7.58. The smallest absolute Gasteiger partial charge is 0.348 e. The molecule has 0 amide bonds. The number of H-pyrrole nitrogens is 1. The van der Waals surface area contributed by atoms with Gasteiger partial charge in [-0.05, 0) is 42.0 Å². The quantitative estimate of drug-likeness (QED) is 0.331. The van der Waals surface area contributed by atoms with Crippen LogP contribution in [0.3, 0.4) is 0 Å². The molecule has 0 saturated carbocycles. The average molecular weight is 435 g/mol. The third-order valence-corrected chi connectivity index (χ3v) is 5.40. The van der Waals surface area contributed by atoms with E-state index in [0.29, 0.717) is 23.2 Å².